The van der Waals surface area contributed by atoms with Crippen LogP contribution in [0.1, 0.15) is 36.1 Å². The zero-order valence-electron chi connectivity index (χ0n) is 23.9. The smallest absolute Gasteiger partial charge is 0.165 e. The minimum Gasteiger partial charge on any atom is -0.497 e. The Labute approximate surface area is 241 Å². The molecule has 0 saturated heterocycles. The summed E-state index contributed by atoms with van der Waals surface area (Å²) in [7, 11) is -0.541. The van der Waals surface area contributed by atoms with Gasteiger partial charge >= 0.3 is 0 Å². The monoisotopic (exact) mass is 569 g/mol. The zero-order valence-corrected chi connectivity index (χ0v) is 24.8. The normalized spacial score (nSPS) is 12.8. The Hall–Kier alpha value is -4.00. The molecule has 3 aromatic carbocycles. The van der Waals surface area contributed by atoms with Crippen LogP contribution in [-0.2, 0) is 14.8 Å². The quantitative estimate of drug-likeness (QED) is 0.101. The van der Waals surface area contributed by atoms with Crippen LogP contribution in [0.5, 0.6) is 5.75 Å². The fourth-order valence-corrected chi connectivity index (χ4v) is 5.62. The SMILES string of the molecule is COc1ccc(C(Nc2ncnc3c2ncn3C(C)CCOCP(C)(C)=O)(c2ccccc2)c2ccccc2)cc1. The van der Waals surface area contributed by atoms with Crippen LogP contribution in [0.15, 0.2) is 97.6 Å². The number of hydrogen-bond donors (Lipinski definition) is 1. The summed E-state index contributed by atoms with van der Waals surface area (Å²) in [5.74, 6) is 1.41. The van der Waals surface area contributed by atoms with Crippen LogP contribution in [0.3, 0.4) is 0 Å². The number of hydrogen-bond acceptors (Lipinski definition) is 7. The second kappa shape index (κ2) is 12.2. The van der Waals surface area contributed by atoms with E-state index in [4.69, 9.17) is 19.4 Å². The van der Waals surface area contributed by atoms with Gasteiger partial charge in [0.2, 0.25) is 0 Å². The van der Waals surface area contributed by atoms with E-state index in [0.29, 0.717) is 17.9 Å². The summed E-state index contributed by atoms with van der Waals surface area (Å²) in [5.41, 5.74) is 3.76. The van der Waals surface area contributed by atoms with Crippen molar-refractivity contribution in [3.05, 3.63) is 114 Å². The highest BCUT2D eigenvalue weighted by atomic mass is 31.2. The fraction of sp³-hybridized carbons (Fsp3) is 0.281. The van der Waals surface area contributed by atoms with E-state index in [1.165, 1.54) is 0 Å². The third-order valence-electron chi connectivity index (χ3n) is 7.16. The van der Waals surface area contributed by atoms with E-state index in [1.54, 1.807) is 33.1 Å². The molecule has 41 heavy (non-hydrogen) atoms. The summed E-state index contributed by atoms with van der Waals surface area (Å²) < 4.78 is 25.2. The molecule has 0 spiro atoms. The van der Waals surface area contributed by atoms with Crippen molar-refractivity contribution in [1.82, 2.24) is 19.5 Å². The minimum atomic E-state index is -2.21. The summed E-state index contributed by atoms with van der Waals surface area (Å²) in [6.45, 7) is 6.09. The molecule has 2 heterocycles. The maximum Gasteiger partial charge on any atom is 0.165 e. The van der Waals surface area contributed by atoms with Crippen molar-refractivity contribution in [2.45, 2.75) is 24.9 Å². The Bertz CT molecular complexity index is 1580. The number of benzene rings is 3. The number of nitrogens with zero attached hydrogens (tertiary/aromatic N) is 4. The Kier molecular flexibility index (Phi) is 8.52. The van der Waals surface area contributed by atoms with Crippen molar-refractivity contribution in [3.8, 4) is 5.75 Å². The van der Waals surface area contributed by atoms with Crippen molar-refractivity contribution in [1.29, 1.82) is 0 Å². The molecule has 8 nitrogen and oxygen atoms in total. The van der Waals surface area contributed by atoms with E-state index in [0.717, 1.165) is 34.5 Å². The molecule has 9 heteroatoms. The van der Waals surface area contributed by atoms with E-state index in [1.807, 2.05) is 53.1 Å². The van der Waals surface area contributed by atoms with Gasteiger partial charge in [-0.05, 0) is 55.5 Å². The lowest BCUT2D eigenvalue weighted by Crippen LogP contribution is -2.38. The lowest BCUT2D eigenvalue weighted by molar-refractivity contribution is 0.161. The van der Waals surface area contributed by atoms with E-state index >= 15 is 0 Å². The van der Waals surface area contributed by atoms with Gasteiger partial charge in [0.05, 0.1) is 19.8 Å². The predicted octanol–water partition coefficient (Wildman–Crippen LogP) is 6.79. The first-order valence-corrected chi connectivity index (χ1v) is 16.4. The molecule has 0 aliphatic rings. The van der Waals surface area contributed by atoms with E-state index in [9.17, 15) is 4.57 Å². The Morgan fingerprint density at radius 1 is 0.878 bits per heavy atom. The number of fused-ring (bicyclic) bond motifs is 1. The maximum atomic E-state index is 12.0. The molecular weight excluding hydrogens is 533 g/mol. The van der Waals surface area contributed by atoms with Crippen molar-refractivity contribution in [3.63, 3.8) is 0 Å². The Morgan fingerprint density at radius 2 is 1.49 bits per heavy atom. The first-order valence-electron chi connectivity index (χ1n) is 13.6. The number of rotatable bonds is 12. The Balaban J connectivity index is 1.58. The van der Waals surface area contributed by atoms with Gasteiger partial charge in [0.15, 0.2) is 11.5 Å². The molecule has 212 valence electrons. The van der Waals surface area contributed by atoms with Crippen molar-refractivity contribution < 1.29 is 14.0 Å². The van der Waals surface area contributed by atoms with E-state index < -0.39 is 12.7 Å². The average Bonchev–Trinajstić information content (AvgIpc) is 3.44. The van der Waals surface area contributed by atoms with Crippen molar-refractivity contribution in [2.24, 2.45) is 0 Å². The molecule has 0 radical (unpaired) electrons. The minimum absolute atomic E-state index is 0.0745. The molecule has 0 bridgehead atoms. The predicted molar refractivity (Wildman–Crippen MR) is 164 cm³/mol. The van der Waals surface area contributed by atoms with Gasteiger partial charge in [-0.1, -0.05) is 72.8 Å². The summed E-state index contributed by atoms with van der Waals surface area (Å²) in [6.07, 6.45) is 4.40. The highest BCUT2D eigenvalue weighted by Gasteiger charge is 2.37. The second-order valence-corrected chi connectivity index (χ2v) is 14.0. The first-order chi connectivity index (χ1) is 19.8. The van der Waals surface area contributed by atoms with Gasteiger partial charge in [0.1, 0.15) is 30.3 Å². The molecule has 2 aromatic heterocycles. The molecule has 0 saturated carbocycles. The van der Waals surface area contributed by atoms with Crippen LogP contribution in [0.4, 0.5) is 5.82 Å². The third-order valence-corrected chi connectivity index (χ3v) is 7.96. The molecule has 1 N–H and O–H groups in total. The standard InChI is InChI=1S/C32H36N5O3P/c1-24(19-20-40-23-41(3,4)38)37-22-35-29-30(33-21-34-31(29)37)36-32(25-11-7-5-8-12-25,26-13-9-6-10-14-26)27-15-17-28(39-2)18-16-27/h5-18,21-22,24H,19-20,23H2,1-4H3,(H,33,34,36). The van der Waals surface area contributed by atoms with Gasteiger partial charge in [-0.3, -0.25) is 0 Å². The van der Waals surface area contributed by atoms with Crippen molar-refractivity contribution in [2.75, 3.05) is 38.7 Å². The number of aromatic nitrogens is 4. The molecule has 1 unspecified atom stereocenters. The number of methoxy groups -OCH3 is 1. The lowest BCUT2D eigenvalue weighted by Gasteiger charge is -2.37. The number of imidazole rings is 1. The van der Waals surface area contributed by atoms with E-state index in [-0.39, 0.29) is 12.4 Å². The highest BCUT2D eigenvalue weighted by molar-refractivity contribution is 7.62. The van der Waals surface area contributed by atoms with Gasteiger partial charge < -0.3 is 23.9 Å². The summed E-state index contributed by atoms with van der Waals surface area (Å²) >= 11 is 0. The molecule has 0 aliphatic heterocycles. The Morgan fingerprint density at radius 3 is 2.07 bits per heavy atom. The van der Waals surface area contributed by atoms with Crippen molar-refractivity contribution >= 4 is 24.1 Å². The topological polar surface area (TPSA) is 91.2 Å². The largest absolute Gasteiger partial charge is 0.497 e. The summed E-state index contributed by atoms with van der Waals surface area (Å²) in [4.78, 5) is 14.1. The van der Waals surface area contributed by atoms with Gasteiger partial charge in [-0.2, -0.15) is 0 Å². The highest BCUT2D eigenvalue weighted by Crippen LogP contribution is 2.41. The molecule has 5 rings (SSSR count). The van der Waals surface area contributed by atoms with Crippen LogP contribution in [0.25, 0.3) is 11.2 Å². The number of ether oxygens (including phenoxy) is 2. The summed E-state index contributed by atoms with van der Waals surface area (Å²) in [6, 6.07) is 28.9. The van der Waals surface area contributed by atoms with Crippen LogP contribution < -0.4 is 10.1 Å². The molecule has 0 fully saturated rings. The van der Waals surface area contributed by atoms with Gasteiger partial charge in [0.25, 0.3) is 0 Å². The van der Waals surface area contributed by atoms with E-state index in [2.05, 4.69) is 53.6 Å². The third kappa shape index (κ3) is 6.19. The molecule has 1 atom stereocenters. The zero-order chi connectivity index (χ0) is 28.9. The lowest BCUT2D eigenvalue weighted by atomic mass is 9.77. The first kappa shape index (κ1) is 28.5. The van der Waals surface area contributed by atoms with Gasteiger partial charge in [-0.15, -0.1) is 0 Å². The molecule has 5 aromatic rings. The molecule has 0 aliphatic carbocycles. The summed E-state index contributed by atoms with van der Waals surface area (Å²) in [5, 5.41) is 3.82. The number of nitrogens with one attached hydrogen (secondary N) is 1. The second-order valence-electron chi connectivity index (χ2n) is 10.6. The van der Waals surface area contributed by atoms with Crippen LogP contribution in [-0.4, -0.2) is 52.9 Å². The van der Waals surface area contributed by atoms with Crippen LogP contribution >= 0.6 is 7.14 Å². The fourth-order valence-electron chi connectivity index (χ4n) is 5.05. The average molecular weight is 570 g/mol. The molecular formula is C32H36N5O3P. The van der Waals surface area contributed by atoms with Crippen LogP contribution in [0, 0.1) is 0 Å². The van der Waals surface area contributed by atoms with Gasteiger partial charge in [0, 0.05) is 12.6 Å². The number of anilines is 1. The molecule has 0 amide bonds. The van der Waals surface area contributed by atoms with Crippen LogP contribution in [0.2, 0.25) is 0 Å². The van der Waals surface area contributed by atoms with Gasteiger partial charge in [-0.25, -0.2) is 15.0 Å². The maximum absolute atomic E-state index is 12.0.